The summed E-state index contributed by atoms with van der Waals surface area (Å²) < 4.78 is 71.5. The van der Waals surface area contributed by atoms with Gasteiger partial charge in [-0.1, -0.05) is 37.8 Å². The van der Waals surface area contributed by atoms with Crippen LogP contribution in [0.5, 0.6) is 0 Å². The van der Waals surface area contributed by atoms with E-state index in [0.29, 0.717) is 0 Å². The minimum atomic E-state index is -4.30. The van der Waals surface area contributed by atoms with E-state index < -0.39 is 35.4 Å². The van der Waals surface area contributed by atoms with Crippen LogP contribution in [0.25, 0.3) is 0 Å². The molecule has 0 amide bonds. The highest BCUT2D eigenvalue weighted by Crippen LogP contribution is 2.30. The van der Waals surface area contributed by atoms with Crippen LogP contribution in [0, 0.1) is 0 Å². The van der Waals surface area contributed by atoms with Crippen molar-refractivity contribution in [2.75, 3.05) is 11.5 Å². The molecule has 2 rings (SSSR count). The van der Waals surface area contributed by atoms with E-state index in [1.54, 1.807) is 0 Å². The lowest BCUT2D eigenvalue weighted by atomic mass is 10.1. The first-order valence-electron chi connectivity index (χ1n) is 10.9. The Morgan fingerprint density at radius 1 is 0.611 bits per heavy atom. The largest absolute Gasteiger partial charge is 0.481 e. The number of anilines is 2. The molecule has 36 heavy (non-hydrogen) atoms. The van der Waals surface area contributed by atoms with Gasteiger partial charge in [-0.2, -0.15) is 26.3 Å². The molecule has 0 heterocycles. The van der Waals surface area contributed by atoms with Gasteiger partial charge >= 0.3 is 24.3 Å². The molecule has 0 radical (unpaired) electrons. The zero-order valence-corrected chi connectivity index (χ0v) is 19.4. The zero-order valence-electron chi connectivity index (χ0n) is 19.4. The van der Waals surface area contributed by atoms with Crippen LogP contribution >= 0.6 is 0 Å². The van der Waals surface area contributed by atoms with Gasteiger partial charge in [0.25, 0.3) is 0 Å². The average molecular weight is 525 g/mol. The molecule has 0 aromatic heterocycles. The van der Waals surface area contributed by atoms with Crippen LogP contribution < -0.4 is 11.5 Å². The Bertz CT molecular complexity index is 858. The van der Waals surface area contributed by atoms with Crippen LogP contribution in [-0.2, 0) is 21.9 Å². The standard InChI is InChI=1S/C10H18O4.2C7H6F3N/c11-9(12)7-5-3-1-2-4-6-8-10(13)14;2*8-7(9,10)5-2-1-3-6(11)4-5/h1-8H2,(H,11,12)(H,13,14);2*1-4H,11H2. The highest BCUT2D eigenvalue weighted by atomic mass is 19.4. The molecule has 0 saturated carbocycles. The summed E-state index contributed by atoms with van der Waals surface area (Å²) in [4.78, 5) is 20.3. The maximum absolute atomic E-state index is 11.9. The second-order valence-electron chi connectivity index (χ2n) is 7.66. The van der Waals surface area contributed by atoms with Crippen molar-refractivity contribution in [2.45, 2.75) is 63.7 Å². The summed E-state index contributed by atoms with van der Waals surface area (Å²) >= 11 is 0. The van der Waals surface area contributed by atoms with E-state index >= 15 is 0 Å². The molecular weight excluding hydrogens is 494 g/mol. The number of halogens is 6. The Balaban J connectivity index is 0.000000515. The van der Waals surface area contributed by atoms with Gasteiger partial charge in [-0.05, 0) is 49.2 Å². The SMILES string of the molecule is Nc1cccc(C(F)(F)F)c1.Nc1cccc(C(F)(F)F)c1.O=C(O)CCCCCCCCC(=O)O. The Morgan fingerprint density at radius 2 is 0.917 bits per heavy atom. The Morgan fingerprint density at radius 3 is 1.14 bits per heavy atom. The predicted octanol–water partition coefficient (Wildman–Crippen LogP) is 6.85. The van der Waals surface area contributed by atoms with E-state index in [0.717, 1.165) is 62.8 Å². The number of rotatable bonds is 9. The maximum atomic E-state index is 11.9. The Kier molecular flexibility index (Phi) is 14.7. The van der Waals surface area contributed by atoms with E-state index in [4.69, 9.17) is 21.7 Å². The first-order valence-corrected chi connectivity index (χ1v) is 10.9. The number of aliphatic carboxylic acids is 2. The fourth-order valence-electron chi connectivity index (χ4n) is 2.69. The summed E-state index contributed by atoms with van der Waals surface area (Å²) in [5.74, 6) is -1.48. The molecule has 6 N–H and O–H groups in total. The lowest BCUT2D eigenvalue weighted by Gasteiger charge is -2.05. The molecule has 12 heteroatoms. The van der Waals surface area contributed by atoms with Crippen LogP contribution in [0.15, 0.2) is 48.5 Å². The van der Waals surface area contributed by atoms with E-state index in [9.17, 15) is 35.9 Å². The lowest BCUT2D eigenvalue weighted by Crippen LogP contribution is -2.04. The molecular formula is C24H30F6N2O4. The molecule has 2 aromatic carbocycles. The van der Waals surface area contributed by atoms with Gasteiger partial charge in [-0.25, -0.2) is 0 Å². The summed E-state index contributed by atoms with van der Waals surface area (Å²) in [5.41, 5.74) is 9.14. The molecule has 6 nitrogen and oxygen atoms in total. The van der Waals surface area contributed by atoms with Crippen LogP contribution in [0.1, 0.15) is 62.5 Å². The molecule has 0 spiro atoms. The summed E-state index contributed by atoms with van der Waals surface area (Å²) in [6.45, 7) is 0. The van der Waals surface area contributed by atoms with Gasteiger partial charge in [0.15, 0.2) is 0 Å². The van der Waals surface area contributed by atoms with Crippen molar-refractivity contribution < 1.29 is 46.1 Å². The van der Waals surface area contributed by atoms with Crippen molar-refractivity contribution in [2.24, 2.45) is 0 Å². The third-order valence-corrected chi connectivity index (χ3v) is 4.46. The number of alkyl halides is 6. The summed E-state index contributed by atoms with van der Waals surface area (Å²) in [5, 5.41) is 16.7. The number of nitrogen functional groups attached to an aromatic ring is 2. The number of carboxylic acid groups (broad SMARTS) is 2. The van der Waals surface area contributed by atoms with Crippen molar-refractivity contribution in [3.63, 3.8) is 0 Å². The van der Waals surface area contributed by atoms with Crippen molar-refractivity contribution in [1.29, 1.82) is 0 Å². The molecule has 0 bridgehead atoms. The van der Waals surface area contributed by atoms with Gasteiger partial charge in [0.05, 0.1) is 11.1 Å². The van der Waals surface area contributed by atoms with Gasteiger partial charge in [-0.15, -0.1) is 0 Å². The Hall–Kier alpha value is -3.44. The number of hydrogen-bond donors (Lipinski definition) is 4. The van der Waals surface area contributed by atoms with Crippen molar-refractivity contribution >= 4 is 23.3 Å². The van der Waals surface area contributed by atoms with Gasteiger partial charge in [0.2, 0.25) is 0 Å². The molecule has 202 valence electrons. The predicted molar refractivity (Wildman–Crippen MR) is 124 cm³/mol. The van der Waals surface area contributed by atoms with Gasteiger partial charge < -0.3 is 21.7 Å². The monoisotopic (exact) mass is 524 g/mol. The van der Waals surface area contributed by atoms with Gasteiger partial charge in [0.1, 0.15) is 0 Å². The maximum Gasteiger partial charge on any atom is 0.416 e. The quantitative estimate of drug-likeness (QED) is 0.161. The molecule has 2 aromatic rings. The van der Waals surface area contributed by atoms with Crippen LogP contribution in [0.2, 0.25) is 0 Å². The van der Waals surface area contributed by atoms with Crippen LogP contribution in [0.4, 0.5) is 37.7 Å². The zero-order chi connectivity index (χ0) is 27.8. The molecule has 0 aliphatic heterocycles. The molecule has 0 aliphatic carbocycles. The fraction of sp³-hybridized carbons (Fsp3) is 0.417. The lowest BCUT2D eigenvalue weighted by molar-refractivity contribution is -0.138. The van der Waals surface area contributed by atoms with E-state index in [2.05, 4.69) is 0 Å². The number of nitrogens with two attached hydrogens (primary N) is 2. The first-order chi connectivity index (χ1) is 16.6. The number of carboxylic acids is 2. The smallest absolute Gasteiger partial charge is 0.416 e. The molecule has 0 atom stereocenters. The third-order valence-electron chi connectivity index (χ3n) is 4.46. The van der Waals surface area contributed by atoms with Crippen LogP contribution in [0.3, 0.4) is 0 Å². The van der Waals surface area contributed by atoms with Gasteiger partial charge in [0, 0.05) is 24.2 Å². The fourth-order valence-corrected chi connectivity index (χ4v) is 2.69. The Labute approximate surface area is 204 Å². The molecule has 0 aliphatic rings. The van der Waals surface area contributed by atoms with Crippen LogP contribution in [-0.4, -0.2) is 22.2 Å². The molecule has 0 unspecified atom stereocenters. The summed E-state index contributed by atoms with van der Waals surface area (Å²) in [6, 6.07) is 9.15. The van der Waals surface area contributed by atoms with Gasteiger partial charge in [-0.3, -0.25) is 9.59 Å². The van der Waals surface area contributed by atoms with Crippen molar-refractivity contribution in [1.82, 2.24) is 0 Å². The van der Waals surface area contributed by atoms with Crippen molar-refractivity contribution in [3.8, 4) is 0 Å². The highest BCUT2D eigenvalue weighted by molar-refractivity contribution is 5.66. The van der Waals surface area contributed by atoms with E-state index in [1.807, 2.05) is 0 Å². The molecule has 0 saturated heterocycles. The van der Waals surface area contributed by atoms with Crippen molar-refractivity contribution in [3.05, 3.63) is 59.7 Å². The number of benzene rings is 2. The third kappa shape index (κ3) is 17.1. The van der Waals surface area contributed by atoms with E-state index in [-0.39, 0.29) is 24.2 Å². The highest BCUT2D eigenvalue weighted by Gasteiger charge is 2.30. The second-order valence-corrected chi connectivity index (χ2v) is 7.66. The minimum Gasteiger partial charge on any atom is -0.481 e. The first kappa shape index (κ1) is 32.6. The minimum absolute atomic E-state index is 0.125. The average Bonchev–Trinajstić information content (AvgIpc) is 2.75. The topological polar surface area (TPSA) is 127 Å². The number of hydrogen-bond acceptors (Lipinski definition) is 4. The van der Waals surface area contributed by atoms with E-state index in [1.165, 1.54) is 24.3 Å². The summed E-state index contributed by atoms with van der Waals surface area (Å²) in [7, 11) is 0. The number of unbranched alkanes of at least 4 members (excludes halogenated alkanes) is 5. The molecule has 0 fully saturated rings. The summed E-state index contributed by atoms with van der Waals surface area (Å²) in [6.07, 6.45) is -2.77. The normalized spacial score (nSPS) is 10.9. The second kappa shape index (κ2) is 16.3. The number of carbonyl (C=O) groups is 2.